The van der Waals surface area contributed by atoms with Crippen molar-refractivity contribution in [2.45, 2.75) is 6.92 Å². The number of aldehydes is 1. The van der Waals surface area contributed by atoms with E-state index in [1.807, 2.05) is 18.2 Å². The van der Waals surface area contributed by atoms with Crippen LogP contribution in [0.5, 0.6) is 0 Å². The molecule has 0 radical (unpaired) electrons. The van der Waals surface area contributed by atoms with Crippen LogP contribution in [0.3, 0.4) is 0 Å². The van der Waals surface area contributed by atoms with Gasteiger partial charge in [-0.25, -0.2) is 0 Å². The molecule has 0 saturated carbocycles. The summed E-state index contributed by atoms with van der Waals surface area (Å²) < 4.78 is 5.42. The van der Waals surface area contributed by atoms with Crippen LogP contribution in [0.25, 0.3) is 22.5 Å². The molecule has 1 heterocycles. The van der Waals surface area contributed by atoms with Crippen molar-refractivity contribution in [1.29, 1.82) is 0 Å². The van der Waals surface area contributed by atoms with Crippen molar-refractivity contribution < 1.29 is 9.21 Å². The lowest BCUT2D eigenvalue weighted by Crippen LogP contribution is -1.80. The second-order valence-electron chi connectivity index (χ2n) is 4.77. The average Bonchev–Trinajstić information content (AvgIpc) is 2.96. The predicted octanol–water partition coefficient (Wildman–Crippen LogP) is 4.73. The van der Waals surface area contributed by atoms with Crippen molar-refractivity contribution in [1.82, 2.24) is 0 Å². The Hall–Kier alpha value is -2.61. The summed E-state index contributed by atoms with van der Waals surface area (Å²) in [5.41, 5.74) is 4.58. The second-order valence-corrected chi connectivity index (χ2v) is 4.77. The molecule has 2 heteroatoms. The van der Waals surface area contributed by atoms with Gasteiger partial charge in [0, 0.05) is 5.56 Å². The third-order valence-electron chi connectivity index (χ3n) is 3.26. The van der Waals surface area contributed by atoms with Crippen molar-refractivity contribution in [3.05, 3.63) is 72.0 Å². The molecule has 0 atom stereocenters. The molecule has 0 N–H and O–H groups in total. The lowest BCUT2D eigenvalue weighted by molar-refractivity contribution is 0.110. The third-order valence-corrected chi connectivity index (χ3v) is 3.26. The van der Waals surface area contributed by atoms with Gasteiger partial charge in [0.1, 0.15) is 5.76 Å². The first-order valence-corrected chi connectivity index (χ1v) is 6.49. The summed E-state index contributed by atoms with van der Waals surface area (Å²) in [6.45, 7) is 2.08. The van der Waals surface area contributed by atoms with Crippen LogP contribution in [0, 0.1) is 6.92 Å². The molecule has 2 nitrogen and oxygen atoms in total. The van der Waals surface area contributed by atoms with E-state index in [2.05, 4.69) is 43.3 Å². The Kier molecular flexibility index (Phi) is 3.21. The van der Waals surface area contributed by atoms with Crippen molar-refractivity contribution in [3.8, 4) is 22.5 Å². The first kappa shape index (κ1) is 12.4. The monoisotopic (exact) mass is 262 g/mol. The Morgan fingerprint density at radius 1 is 0.850 bits per heavy atom. The molecule has 1 aromatic heterocycles. The van der Waals surface area contributed by atoms with E-state index >= 15 is 0 Å². The van der Waals surface area contributed by atoms with E-state index in [-0.39, 0.29) is 0 Å². The fourth-order valence-electron chi connectivity index (χ4n) is 2.22. The minimum atomic E-state index is 0.350. The number of hydrogen-bond donors (Lipinski definition) is 0. The summed E-state index contributed by atoms with van der Waals surface area (Å²) >= 11 is 0. The molecule has 0 saturated heterocycles. The fourth-order valence-corrected chi connectivity index (χ4v) is 2.22. The minimum absolute atomic E-state index is 0.350. The number of carbonyl (C=O) groups is 1. The van der Waals surface area contributed by atoms with E-state index in [0.717, 1.165) is 5.56 Å². The van der Waals surface area contributed by atoms with Gasteiger partial charge < -0.3 is 4.42 Å². The summed E-state index contributed by atoms with van der Waals surface area (Å²) in [7, 11) is 0. The third kappa shape index (κ3) is 2.41. The van der Waals surface area contributed by atoms with E-state index in [4.69, 9.17) is 4.42 Å². The largest absolute Gasteiger partial charge is 0.453 e. The van der Waals surface area contributed by atoms with Gasteiger partial charge in [-0.1, -0.05) is 54.1 Å². The number of aryl methyl sites for hydroxylation is 1. The Morgan fingerprint density at radius 2 is 1.60 bits per heavy atom. The molecule has 0 amide bonds. The van der Waals surface area contributed by atoms with Gasteiger partial charge in [0.05, 0.1) is 0 Å². The SMILES string of the molecule is Cc1cccc(-c2ccc(-c3ccc(C=O)o3)cc2)c1. The Bertz CT molecular complexity index is 736. The molecular weight excluding hydrogens is 248 g/mol. The minimum Gasteiger partial charge on any atom is -0.453 e. The van der Waals surface area contributed by atoms with Gasteiger partial charge in [-0.3, -0.25) is 4.79 Å². The average molecular weight is 262 g/mol. The second kappa shape index (κ2) is 5.17. The maximum atomic E-state index is 10.6. The van der Waals surface area contributed by atoms with Crippen molar-refractivity contribution in [2.75, 3.05) is 0 Å². The molecule has 0 aliphatic rings. The van der Waals surface area contributed by atoms with E-state index in [1.54, 1.807) is 6.07 Å². The molecule has 0 fully saturated rings. The quantitative estimate of drug-likeness (QED) is 0.638. The van der Waals surface area contributed by atoms with Gasteiger partial charge in [-0.15, -0.1) is 0 Å². The standard InChI is InChI=1S/C18H14O2/c1-13-3-2-4-16(11-13)14-5-7-15(8-6-14)18-10-9-17(12-19)20-18/h2-12H,1H3. The van der Waals surface area contributed by atoms with Crippen LogP contribution >= 0.6 is 0 Å². The van der Waals surface area contributed by atoms with Crippen molar-refractivity contribution in [2.24, 2.45) is 0 Å². The number of rotatable bonds is 3. The lowest BCUT2D eigenvalue weighted by atomic mass is 10.0. The first-order chi connectivity index (χ1) is 9.76. The van der Waals surface area contributed by atoms with Gasteiger partial charge >= 0.3 is 0 Å². The molecule has 98 valence electrons. The molecule has 0 bridgehead atoms. The van der Waals surface area contributed by atoms with Crippen LogP contribution in [0.1, 0.15) is 16.1 Å². The zero-order valence-electron chi connectivity index (χ0n) is 11.2. The van der Waals surface area contributed by atoms with Crippen LogP contribution < -0.4 is 0 Å². The summed E-state index contributed by atoms with van der Waals surface area (Å²) in [5.74, 6) is 1.06. The normalized spacial score (nSPS) is 10.4. The summed E-state index contributed by atoms with van der Waals surface area (Å²) in [5, 5.41) is 0. The summed E-state index contributed by atoms with van der Waals surface area (Å²) in [6.07, 6.45) is 0.713. The molecule has 2 aromatic carbocycles. The Balaban J connectivity index is 1.93. The van der Waals surface area contributed by atoms with Gasteiger partial charge in [-0.05, 0) is 30.2 Å². The number of benzene rings is 2. The van der Waals surface area contributed by atoms with E-state index in [9.17, 15) is 4.79 Å². The van der Waals surface area contributed by atoms with Gasteiger partial charge in [-0.2, -0.15) is 0 Å². The van der Waals surface area contributed by atoms with E-state index < -0.39 is 0 Å². The van der Waals surface area contributed by atoms with Crippen LogP contribution in [0.4, 0.5) is 0 Å². The smallest absolute Gasteiger partial charge is 0.185 e. The van der Waals surface area contributed by atoms with Gasteiger partial charge in [0.15, 0.2) is 12.0 Å². The number of hydrogen-bond acceptors (Lipinski definition) is 2. The lowest BCUT2D eigenvalue weighted by Gasteiger charge is -2.04. The van der Waals surface area contributed by atoms with Gasteiger partial charge in [0.2, 0.25) is 0 Å². The Labute approximate surface area is 117 Å². The van der Waals surface area contributed by atoms with E-state index in [0.29, 0.717) is 17.8 Å². The molecule has 0 unspecified atom stereocenters. The molecule has 20 heavy (non-hydrogen) atoms. The summed E-state index contributed by atoms with van der Waals surface area (Å²) in [4.78, 5) is 10.6. The van der Waals surface area contributed by atoms with Gasteiger partial charge in [0.25, 0.3) is 0 Å². The highest BCUT2D eigenvalue weighted by atomic mass is 16.3. The molecule has 0 spiro atoms. The molecule has 0 aliphatic carbocycles. The van der Waals surface area contributed by atoms with Crippen LogP contribution in [-0.4, -0.2) is 6.29 Å². The van der Waals surface area contributed by atoms with Crippen molar-refractivity contribution in [3.63, 3.8) is 0 Å². The molecule has 3 rings (SSSR count). The molecule has 3 aromatic rings. The number of carbonyl (C=O) groups excluding carboxylic acids is 1. The topological polar surface area (TPSA) is 30.2 Å². The molecular formula is C18H14O2. The zero-order chi connectivity index (χ0) is 13.9. The van der Waals surface area contributed by atoms with E-state index in [1.165, 1.54) is 16.7 Å². The highest BCUT2D eigenvalue weighted by molar-refractivity contribution is 5.73. The van der Waals surface area contributed by atoms with Crippen LogP contribution in [-0.2, 0) is 0 Å². The first-order valence-electron chi connectivity index (χ1n) is 6.49. The number of furan rings is 1. The Morgan fingerprint density at radius 3 is 2.25 bits per heavy atom. The van der Waals surface area contributed by atoms with Crippen molar-refractivity contribution >= 4 is 6.29 Å². The molecule has 0 aliphatic heterocycles. The van der Waals surface area contributed by atoms with Crippen LogP contribution in [0.15, 0.2) is 65.1 Å². The highest BCUT2D eigenvalue weighted by Crippen LogP contribution is 2.26. The maximum absolute atomic E-state index is 10.6. The fraction of sp³-hybridized carbons (Fsp3) is 0.0556. The van der Waals surface area contributed by atoms with Crippen LogP contribution in [0.2, 0.25) is 0 Å². The predicted molar refractivity (Wildman–Crippen MR) is 79.7 cm³/mol. The zero-order valence-corrected chi connectivity index (χ0v) is 11.2. The maximum Gasteiger partial charge on any atom is 0.185 e. The summed E-state index contributed by atoms with van der Waals surface area (Å²) in [6, 6.07) is 20.0. The highest BCUT2D eigenvalue weighted by Gasteiger charge is 2.04.